The van der Waals surface area contributed by atoms with E-state index in [4.69, 9.17) is 0 Å². The fourth-order valence-electron chi connectivity index (χ4n) is 6.45. The fraction of sp³-hybridized carbons (Fsp3) is 0.385. The Bertz CT molecular complexity index is 1710. The number of carbonyl (C=O) groups is 1. The van der Waals surface area contributed by atoms with Crippen molar-refractivity contribution in [3.05, 3.63) is 70.7 Å². The van der Waals surface area contributed by atoms with Crippen LogP contribution in [-0.2, 0) is 37.9 Å². The number of halogens is 2. The number of nitrogens with one attached hydrogen (secondary N) is 2. The summed E-state index contributed by atoms with van der Waals surface area (Å²) in [5, 5.41) is 14.5. The van der Waals surface area contributed by atoms with Gasteiger partial charge in [-0.05, 0) is 66.5 Å². The Labute approximate surface area is 245 Å². The van der Waals surface area contributed by atoms with E-state index in [1.165, 1.54) is 24.3 Å². The second kappa shape index (κ2) is 9.49. The van der Waals surface area contributed by atoms with E-state index in [9.17, 15) is 31.1 Å². The van der Waals surface area contributed by atoms with Crippen molar-refractivity contribution in [1.82, 2.24) is 9.62 Å². The summed E-state index contributed by atoms with van der Waals surface area (Å²) in [6.45, 7) is 0.0504. The van der Waals surface area contributed by atoms with E-state index in [1.54, 1.807) is 23.1 Å². The Morgan fingerprint density at radius 1 is 1.20 bits per heavy atom. The first-order valence-electron chi connectivity index (χ1n) is 12.7. The fourth-order valence-corrected chi connectivity index (χ4v) is 9.81. The van der Waals surface area contributed by atoms with Crippen LogP contribution in [0.3, 0.4) is 0 Å². The summed E-state index contributed by atoms with van der Waals surface area (Å²) in [5.41, 5.74) is 1.08. The smallest absolute Gasteiger partial charge is 0.286 e. The summed E-state index contributed by atoms with van der Waals surface area (Å²) in [6, 6.07) is 10.2. The molecule has 0 saturated heterocycles. The Morgan fingerprint density at radius 2 is 1.90 bits per heavy atom. The van der Waals surface area contributed by atoms with E-state index in [0.29, 0.717) is 11.1 Å². The van der Waals surface area contributed by atoms with E-state index in [-0.39, 0.29) is 52.7 Å². The van der Waals surface area contributed by atoms with Gasteiger partial charge in [-0.2, -0.15) is 8.42 Å². The minimum Gasteiger partial charge on any atom is -0.511 e. The number of rotatable bonds is 6. The van der Waals surface area contributed by atoms with Gasteiger partial charge < -0.3 is 15.3 Å². The number of aliphatic hydroxyl groups excluding tert-OH is 1. The van der Waals surface area contributed by atoms with Gasteiger partial charge in [0.15, 0.2) is 5.84 Å². The summed E-state index contributed by atoms with van der Waals surface area (Å²) in [6.07, 6.45) is 3.64. The Hall–Kier alpha value is -2.56. The molecule has 4 aliphatic rings. The van der Waals surface area contributed by atoms with Crippen molar-refractivity contribution >= 4 is 60.1 Å². The maximum Gasteiger partial charge on any atom is 0.286 e. The molecule has 2 aliphatic heterocycles. The lowest BCUT2D eigenvalue weighted by molar-refractivity contribution is -0.135. The van der Waals surface area contributed by atoms with Crippen LogP contribution in [0.2, 0.25) is 0 Å². The molecule has 14 heteroatoms. The van der Waals surface area contributed by atoms with Crippen molar-refractivity contribution in [2.45, 2.75) is 40.8 Å². The molecule has 0 spiro atoms. The van der Waals surface area contributed by atoms with Crippen molar-refractivity contribution in [2.24, 2.45) is 22.2 Å². The number of anilines is 1. The van der Waals surface area contributed by atoms with Crippen LogP contribution >= 0.6 is 22.6 Å². The second-order valence-electron chi connectivity index (χ2n) is 10.7. The summed E-state index contributed by atoms with van der Waals surface area (Å²) in [7, 11) is -7.80. The standard InChI is InChI=1S/C26H26FIN4O6S2/c1-39(35,36)29-12-15-4-9-19-20(10-15)40(37,38)31-24(30-19)21-23(33)22-16-5-6-17(11-16)26(22,28)32(25(21)34)13-14-2-7-18(27)8-3-14/h2-4,7-10,16-17,22,29,33H,5-6,11-13H2,1H3,(H,30,31)/t16-,17+,22-,26-/m0/s1. The number of hydrogen-bond acceptors (Lipinski definition) is 7. The highest BCUT2D eigenvalue weighted by Crippen LogP contribution is 2.64. The molecule has 2 aliphatic carbocycles. The Balaban J connectivity index is 1.40. The quantitative estimate of drug-likeness (QED) is 0.238. The van der Waals surface area contributed by atoms with Crippen LogP contribution in [-0.4, -0.2) is 48.4 Å². The lowest BCUT2D eigenvalue weighted by Gasteiger charge is -2.50. The van der Waals surface area contributed by atoms with Crippen LogP contribution in [0.25, 0.3) is 0 Å². The van der Waals surface area contributed by atoms with Gasteiger partial charge in [-0.15, -0.1) is 4.40 Å². The van der Waals surface area contributed by atoms with Gasteiger partial charge in [0.2, 0.25) is 10.0 Å². The molecule has 6 rings (SSSR count). The van der Waals surface area contributed by atoms with E-state index in [1.807, 2.05) is 0 Å². The third-order valence-electron chi connectivity index (χ3n) is 8.19. The van der Waals surface area contributed by atoms with Crippen LogP contribution in [0.4, 0.5) is 10.1 Å². The number of hydrogen-bond donors (Lipinski definition) is 3. The molecular formula is C26H26FIN4O6S2. The number of amides is 1. The number of sulfonamides is 2. The maximum absolute atomic E-state index is 14.1. The van der Waals surface area contributed by atoms with E-state index < -0.39 is 41.2 Å². The van der Waals surface area contributed by atoms with Gasteiger partial charge in [-0.1, -0.05) is 40.8 Å². The average molecular weight is 701 g/mol. The summed E-state index contributed by atoms with van der Waals surface area (Å²) in [4.78, 5) is 15.6. The largest absolute Gasteiger partial charge is 0.511 e. The molecule has 0 aromatic heterocycles. The highest BCUT2D eigenvalue weighted by atomic mass is 127. The van der Waals surface area contributed by atoms with Gasteiger partial charge in [-0.25, -0.2) is 17.5 Å². The molecule has 2 aromatic rings. The predicted molar refractivity (Wildman–Crippen MR) is 154 cm³/mol. The molecule has 0 unspecified atom stereocenters. The van der Waals surface area contributed by atoms with Crippen LogP contribution in [0.15, 0.2) is 63.1 Å². The topological polar surface area (TPSA) is 145 Å². The minimum absolute atomic E-state index is 0.108. The molecule has 10 nitrogen and oxygen atoms in total. The van der Waals surface area contributed by atoms with Gasteiger partial charge in [0, 0.05) is 13.1 Å². The lowest BCUT2D eigenvalue weighted by atomic mass is 9.77. The highest BCUT2D eigenvalue weighted by molar-refractivity contribution is 14.1. The van der Waals surface area contributed by atoms with Crippen molar-refractivity contribution in [3.63, 3.8) is 0 Å². The molecule has 40 heavy (non-hydrogen) atoms. The first-order chi connectivity index (χ1) is 18.8. The van der Waals surface area contributed by atoms with Gasteiger partial charge in [-0.3, -0.25) is 4.79 Å². The van der Waals surface area contributed by atoms with Crippen molar-refractivity contribution in [2.75, 3.05) is 11.6 Å². The number of benzene rings is 2. The molecule has 1 amide bonds. The zero-order valence-electron chi connectivity index (χ0n) is 21.3. The summed E-state index contributed by atoms with van der Waals surface area (Å²) < 4.78 is 68.6. The third kappa shape index (κ3) is 4.52. The molecule has 2 bridgehead atoms. The van der Waals surface area contributed by atoms with Crippen LogP contribution in [0.5, 0.6) is 0 Å². The molecule has 2 heterocycles. The highest BCUT2D eigenvalue weighted by Gasteiger charge is 2.65. The van der Waals surface area contributed by atoms with E-state index in [0.717, 1.165) is 25.5 Å². The molecule has 212 valence electrons. The van der Waals surface area contributed by atoms with Gasteiger partial charge in [0.25, 0.3) is 15.9 Å². The average Bonchev–Trinajstić information content (AvgIpc) is 3.46. The zero-order chi connectivity index (χ0) is 28.6. The van der Waals surface area contributed by atoms with Crippen molar-refractivity contribution < 1.29 is 31.1 Å². The van der Waals surface area contributed by atoms with Crippen LogP contribution in [0.1, 0.15) is 30.4 Å². The van der Waals surface area contributed by atoms with Gasteiger partial charge in [0.1, 0.15) is 25.6 Å². The number of nitrogens with zero attached hydrogens (tertiary/aromatic N) is 2. The zero-order valence-corrected chi connectivity index (χ0v) is 25.1. The Kier molecular flexibility index (Phi) is 6.55. The predicted octanol–water partition coefficient (Wildman–Crippen LogP) is 3.42. The number of carbonyl (C=O) groups excluding carboxylic acids is 1. The van der Waals surface area contributed by atoms with Gasteiger partial charge in [0.05, 0.1) is 17.9 Å². The number of fused-ring (bicyclic) bond motifs is 6. The van der Waals surface area contributed by atoms with Crippen molar-refractivity contribution in [1.29, 1.82) is 0 Å². The van der Waals surface area contributed by atoms with Crippen LogP contribution in [0, 0.1) is 23.6 Å². The summed E-state index contributed by atoms with van der Waals surface area (Å²) >= 11 is 2.28. The molecule has 2 fully saturated rings. The molecular weight excluding hydrogens is 674 g/mol. The molecule has 0 radical (unpaired) electrons. The lowest BCUT2D eigenvalue weighted by Crippen LogP contribution is -2.60. The van der Waals surface area contributed by atoms with Gasteiger partial charge >= 0.3 is 0 Å². The monoisotopic (exact) mass is 700 g/mol. The molecule has 2 aromatic carbocycles. The molecule has 3 N–H and O–H groups in total. The first-order valence-corrected chi connectivity index (χ1v) is 17.1. The Morgan fingerprint density at radius 3 is 2.60 bits per heavy atom. The minimum atomic E-state index is -4.30. The molecule has 4 atom stereocenters. The first kappa shape index (κ1) is 27.6. The number of aliphatic hydroxyl groups is 1. The molecule has 2 saturated carbocycles. The number of alkyl halides is 1. The van der Waals surface area contributed by atoms with E-state index >= 15 is 0 Å². The normalized spacial score (nSPS) is 28.7. The van der Waals surface area contributed by atoms with Crippen molar-refractivity contribution in [3.8, 4) is 0 Å². The van der Waals surface area contributed by atoms with Crippen LogP contribution < -0.4 is 10.0 Å². The number of amidine groups is 1. The maximum atomic E-state index is 14.1. The third-order valence-corrected chi connectivity index (χ3v) is 12.3. The second-order valence-corrected chi connectivity index (χ2v) is 15.9. The summed E-state index contributed by atoms with van der Waals surface area (Å²) in [5.74, 6) is -1.51. The SMILES string of the molecule is CS(=O)(=O)NCc1ccc2c(c1)S(=O)(=O)N=C(C1=C(O)[C@@H]3[C@H]4CC[C@H](C4)[C@]3(I)N(Cc3ccc(F)cc3)C1=O)N2. The van der Waals surface area contributed by atoms with E-state index in [2.05, 4.69) is 37.0 Å².